The highest BCUT2D eigenvalue weighted by molar-refractivity contribution is 6.11. The number of anilines is 1. The monoisotopic (exact) mass is 339 g/mol. The molecule has 1 atom stereocenters. The van der Waals surface area contributed by atoms with Crippen LogP contribution in [-0.4, -0.2) is 38.1 Å². The summed E-state index contributed by atoms with van der Waals surface area (Å²) in [7, 11) is 2.60. The lowest BCUT2D eigenvalue weighted by Crippen LogP contribution is -2.43. The molecular formula is C19H17NO5. The number of rotatable bonds is 3. The molecule has 6 heteroatoms. The maximum Gasteiger partial charge on any atom is 0.337 e. The van der Waals surface area contributed by atoms with Gasteiger partial charge in [-0.05, 0) is 35.9 Å². The number of carbonyl (C=O) groups excluding carboxylic acids is 3. The quantitative estimate of drug-likeness (QED) is 0.802. The van der Waals surface area contributed by atoms with Gasteiger partial charge in [0.25, 0.3) is 5.91 Å². The molecular weight excluding hydrogens is 322 g/mol. The van der Waals surface area contributed by atoms with Crippen LogP contribution >= 0.6 is 0 Å². The normalized spacial score (nSPS) is 15.4. The van der Waals surface area contributed by atoms with Crippen LogP contribution in [0.15, 0.2) is 48.5 Å². The lowest BCUT2D eigenvalue weighted by Gasteiger charge is -2.23. The number of para-hydroxylation sites is 1. The van der Waals surface area contributed by atoms with Crippen LogP contribution in [0.4, 0.5) is 5.69 Å². The van der Waals surface area contributed by atoms with E-state index in [2.05, 4.69) is 4.74 Å². The molecule has 25 heavy (non-hydrogen) atoms. The summed E-state index contributed by atoms with van der Waals surface area (Å²) in [5, 5.41) is 0. The lowest BCUT2D eigenvalue weighted by molar-refractivity contribution is -0.141. The number of esters is 2. The van der Waals surface area contributed by atoms with Gasteiger partial charge in [0.1, 0.15) is 6.04 Å². The van der Waals surface area contributed by atoms with Crippen molar-refractivity contribution in [3.63, 3.8) is 0 Å². The number of amides is 1. The van der Waals surface area contributed by atoms with Crippen LogP contribution < -0.4 is 4.90 Å². The van der Waals surface area contributed by atoms with Crippen molar-refractivity contribution in [2.45, 2.75) is 12.5 Å². The number of nitrogens with zero attached hydrogens (tertiary/aromatic N) is 1. The number of fused-ring (bicyclic) bond motifs is 1. The minimum atomic E-state index is -0.699. The Balaban J connectivity index is 1.95. The van der Waals surface area contributed by atoms with Crippen molar-refractivity contribution in [2.24, 2.45) is 0 Å². The molecule has 2 aromatic carbocycles. The first-order valence-corrected chi connectivity index (χ1v) is 7.74. The Morgan fingerprint density at radius 3 is 2.20 bits per heavy atom. The smallest absolute Gasteiger partial charge is 0.337 e. The van der Waals surface area contributed by atoms with Gasteiger partial charge in [-0.1, -0.05) is 18.2 Å². The fraction of sp³-hybridized carbons (Fsp3) is 0.211. The van der Waals surface area contributed by atoms with Gasteiger partial charge in [0.2, 0.25) is 0 Å². The first kappa shape index (κ1) is 16.7. The van der Waals surface area contributed by atoms with Gasteiger partial charge in [0, 0.05) is 17.7 Å². The average Bonchev–Trinajstić information content (AvgIpc) is 3.05. The minimum absolute atomic E-state index is 0.322. The van der Waals surface area contributed by atoms with E-state index in [9.17, 15) is 14.4 Å². The first-order chi connectivity index (χ1) is 12.1. The number of hydrogen-bond donors (Lipinski definition) is 0. The standard InChI is InChI=1S/C19H17NO5/c1-24-18(22)13-9-7-12(8-10-13)17(21)20-15-6-4-3-5-14(15)11-16(20)19(23)25-2/h3-10,16H,11H2,1-2H3/t16-/m0/s1. The second-order valence-electron chi connectivity index (χ2n) is 5.62. The molecule has 1 aliphatic rings. The highest BCUT2D eigenvalue weighted by atomic mass is 16.5. The number of methoxy groups -OCH3 is 2. The van der Waals surface area contributed by atoms with Crippen molar-refractivity contribution in [1.29, 1.82) is 0 Å². The molecule has 128 valence electrons. The van der Waals surface area contributed by atoms with Crippen LogP contribution in [0.5, 0.6) is 0 Å². The summed E-state index contributed by atoms with van der Waals surface area (Å²) >= 11 is 0. The fourth-order valence-corrected chi connectivity index (χ4v) is 2.97. The third-order valence-corrected chi connectivity index (χ3v) is 4.22. The van der Waals surface area contributed by atoms with Crippen molar-refractivity contribution in [2.75, 3.05) is 19.1 Å². The van der Waals surface area contributed by atoms with Crippen molar-refractivity contribution < 1.29 is 23.9 Å². The van der Waals surface area contributed by atoms with Gasteiger partial charge >= 0.3 is 11.9 Å². The fourth-order valence-electron chi connectivity index (χ4n) is 2.97. The Kier molecular flexibility index (Phi) is 4.52. The SMILES string of the molecule is COC(=O)c1ccc(C(=O)N2c3ccccc3C[C@H]2C(=O)OC)cc1. The Morgan fingerprint density at radius 1 is 0.920 bits per heavy atom. The zero-order chi connectivity index (χ0) is 18.0. The molecule has 1 heterocycles. The maximum atomic E-state index is 13.0. The van der Waals surface area contributed by atoms with Crippen LogP contribution in [0.1, 0.15) is 26.3 Å². The van der Waals surface area contributed by atoms with E-state index >= 15 is 0 Å². The Bertz CT molecular complexity index is 828. The molecule has 2 aromatic rings. The summed E-state index contributed by atoms with van der Waals surface area (Å²) in [6.07, 6.45) is 0.412. The average molecular weight is 339 g/mol. The topological polar surface area (TPSA) is 72.9 Å². The largest absolute Gasteiger partial charge is 0.467 e. The molecule has 0 aromatic heterocycles. The molecule has 0 aliphatic carbocycles. The third-order valence-electron chi connectivity index (χ3n) is 4.22. The summed E-state index contributed by atoms with van der Waals surface area (Å²) in [5.74, 6) is -1.26. The summed E-state index contributed by atoms with van der Waals surface area (Å²) in [6.45, 7) is 0. The van der Waals surface area contributed by atoms with E-state index in [1.807, 2.05) is 18.2 Å². The third kappa shape index (κ3) is 2.98. The predicted octanol–water partition coefficient (Wildman–Crippen LogP) is 2.22. The maximum absolute atomic E-state index is 13.0. The van der Waals surface area contributed by atoms with Crippen LogP contribution in [0, 0.1) is 0 Å². The van der Waals surface area contributed by atoms with Crippen LogP contribution in [0.25, 0.3) is 0 Å². The molecule has 0 unspecified atom stereocenters. The van der Waals surface area contributed by atoms with Gasteiger partial charge in [0.15, 0.2) is 0 Å². The lowest BCUT2D eigenvalue weighted by atomic mass is 10.1. The molecule has 1 amide bonds. The van der Waals surface area contributed by atoms with Crippen molar-refractivity contribution >= 4 is 23.5 Å². The molecule has 0 N–H and O–H groups in total. The summed E-state index contributed by atoms with van der Waals surface area (Å²) in [5.41, 5.74) is 2.33. The van der Waals surface area contributed by atoms with E-state index < -0.39 is 18.0 Å². The molecule has 3 rings (SSSR count). The van der Waals surface area contributed by atoms with E-state index in [-0.39, 0.29) is 5.91 Å². The summed E-state index contributed by atoms with van der Waals surface area (Å²) in [6, 6.07) is 12.8. The molecule has 1 aliphatic heterocycles. The van der Waals surface area contributed by atoms with Crippen LogP contribution in [0.2, 0.25) is 0 Å². The zero-order valence-corrected chi connectivity index (χ0v) is 13.9. The molecule has 6 nitrogen and oxygen atoms in total. The molecule has 0 radical (unpaired) electrons. The second kappa shape index (κ2) is 6.76. The number of hydrogen-bond acceptors (Lipinski definition) is 5. The minimum Gasteiger partial charge on any atom is -0.467 e. The van der Waals surface area contributed by atoms with Crippen molar-refractivity contribution in [3.05, 3.63) is 65.2 Å². The van der Waals surface area contributed by atoms with Crippen molar-refractivity contribution in [3.8, 4) is 0 Å². The zero-order valence-electron chi connectivity index (χ0n) is 13.9. The van der Waals surface area contributed by atoms with Gasteiger partial charge in [-0.3, -0.25) is 9.69 Å². The van der Waals surface area contributed by atoms with Crippen molar-refractivity contribution in [1.82, 2.24) is 0 Å². The van der Waals surface area contributed by atoms with E-state index in [0.29, 0.717) is 23.2 Å². The predicted molar refractivity (Wildman–Crippen MR) is 90.5 cm³/mol. The highest BCUT2D eigenvalue weighted by Crippen LogP contribution is 2.33. The number of ether oxygens (including phenoxy) is 2. The molecule has 0 saturated carbocycles. The Morgan fingerprint density at radius 2 is 1.56 bits per heavy atom. The Hall–Kier alpha value is -3.15. The van der Waals surface area contributed by atoms with E-state index in [1.54, 1.807) is 18.2 Å². The molecule has 0 bridgehead atoms. The van der Waals surface area contributed by atoms with Gasteiger partial charge in [-0.2, -0.15) is 0 Å². The number of benzene rings is 2. The first-order valence-electron chi connectivity index (χ1n) is 7.74. The second-order valence-corrected chi connectivity index (χ2v) is 5.62. The van der Waals surface area contributed by atoms with E-state index in [0.717, 1.165) is 5.56 Å². The Labute approximate surface area is 145 Å². The van der Waals surface area contributed by atoms with Gasteiger partial charge in [-0.25, -0.2) is 9.59 Å². The highest BCUT2D eigenvalue weighted by Gasteiger charge is 2.39. The van der Waals surface area contributed by atoms with Crippen LogP contribution in [-0.2, 0) is 20.7 Å². The molecule has 0 saturated heterocycles. The number of carbonyl (C=O) groups is 3. The van der Waals surface area contributed by atoms with Gasteiger partial charge < -0.3 is 9.47 Å². The van der Waals surface area contributed by atoms with Gasteiger partial charge in [-0.15, -0.1) is 0 Å². The molecule has 0 spiro atoms. The van der Waals surface area contributed by atoms with Gasteiger partial charge in [0.05, 0.1) is 19.8 Å². The summed E-state index contributed by atoms with van der Waals surface area (Å²) in [4.78, 5) is 38.1. The van der Waals surface area contributed by atoms with E-state index in [1.165, 1.54) is 31.3 Å². The van der Waals surface area contributed by atoms with E-state index in [4.69, 9.17) is 4.74 Å². The molecule has 0 fully saturated rings. The van der Waals surface area contributed by atoms with Crippen LogP contribution in [0.3, 0.4) is 0 Å². The summed E-state index contributed by atoms with van der Waals surface area (Å²) < 4.78 is 9.50.